The summed E-state index contributed by atoms with van der Waals surface area (Å²) >= 11 is 6.78. The number of halogens is 2. The second-order valence-corrected chi connectivity index (χ2v) is 11.1. The van der Waals surface area contributed by atoms with E-state index < -0.39 is 10.5 Å². The van der Waals surface area contributed by atoms with Gasteiger partial charge in [0.25, 0.3) is 5.56 Å². The van der Waals surface area contributed by atoms with Gasteiger partial charge in [-0.1, -0.05) is 62.2 Å². The molecule has 10 nitrogen and oxygen atoms in total. The Hall–Kier alpha value is -5.12. The molecule has 4 aromatic carbocycles. The van der Waals surface area contributed by atoms with Gasteiger partial charge in [0.05, 0.1) is 33.7 Å². The fraction of sp³-hybridized carbons (Fsp3) is 0.0323. The molecule has 0 fully saturated rings. The van der Waals surface area contributed by atoms with Gasteiger partial charge < -0.3 is 9.15 Å². The fourth-order valence-corrected chi connectivity index (χ4v) is 5.37. The highest BCUT2D eigenvalue weighted by Crippen LogP contribution is 2.35. The zero-order valence-corrected chi connectivity index (χ0v) is 25.1. The molecule has 6 rings (SSSR count). The van der Waals surface area contributed by atoms with Crippen LogP contribution in [0.15, 0.2) is 108 Å². The number of nitro benzene ring substituents is 1. The van der Waals surface area contributed by atoms with Crippen molar-refractivity contribution in [2.75, 3.05) is 0 Å². The van der Waals surface area contributed by atoms with Crippen molar-refractivity contribution < 1.29 is 14.1 Å². The molecule has 210 valence electrons. The van der Waals surface area contributed by atoms with Gasteiger partial charge in [0.2, 0.25) is 11.6 Å². The number of hydrogen-bond acceptors (Lipinski definition) is 8. The molecule has 0 saturated carbocycles. The summed E-state index contributed by atoms with van der Waals surface area (Å²) in [6, 6.07) is 25.9. The van der Waals surface area contributed by atoms with E-state index in [-0.39, 0.29) is 29.4 Å². The average molecular weight is 699 g/mol. The van der Waals surface area contributed by atoms with Gasteiger partial charge in [-0.05, 0) is 48.5 Å². The van der Waals surface area contributed by atoms with Crippen LogP contribution in [-0.2, 0) is 6.61 Å². The number of para-hydroxylation sites is 1. The van der Waals surface area contributed by atoms with Crippen LogP contribution in [0.25, 0.3) is 33.5 Å². The first-order valence-corrected chi connectivity index (χ1v) is 14.3. The summed E-state index contributed by atoms with van der Waals surface area (Å²) in [6.07, 6.45) is 1.30. The van der Waals surface area contributed by atoms with Crippen molar-refractivity contribution >= 4 is 65.6 Å². The second-order valence-electron chi connectivity index (χ2n) is 9.26. The lowest BCUT2D eigenvalue weighted by Gasteiger charge is -2.12. The first-order valence-electron chi connectivity index (χ1n) is 12.7. The summed E-state index contributed by atoms with van der Waals surface area (Å²) in [5.41, 5.74) is 1.41. The van der Waals surface area contributed by atoms with Crippen molar-refractivity contribution in [3.05, 3.63) is 131 Å². The number of rotatable bonds is 7. The summed E-state index contributed by atoms with van der Waals surface area (Å²) < 4.78 is 14.3. The van der Waals surface area contributed by atoms with Crippen LogP contribution in [0.5, 0.6) is 5.75 Å². The molecule has 0 atom stereocenters. The van der Waals surface area contributed by atoms with Gasteiger partial charge in [-0.15, -0.1) is 0 Å². The van der Waals surface area contributed by atoms with E-state index in [9.17, 15) is 20.2 Å². The van der Waals surface area contributed by atoms with Crippen LogP contribution in [-0.4, -0.2) is 20.8 Å². The minimum Gasteiger partial charge on any atom is -0.481 e. The van der Waals surface area contributed by atoms with Crippen LogP contribution in [0, 0.1) is 21.4 Å². The number of hydrogen-bond donors (Lipinski definition) is 0. The molecule has 12 heteroatoms. The Kier molecular flexibility index (Phi) is 7.58. The summed E-state index contributed by atoms with van der Waals surface area (Å²) in [5, 5.41) is 27.0. The van der Waals surface area contributed by atoms with Crippen LogP contribution in [0.3, 0.4) is 0 Å². The van der Waals surface area contributed by atoms with Gasteiger partial charge in [-0.2, -0.15) is 15.0 Å². The molecule has 0 amide bonds. The van der Waals surface area contributed by atoms with E-state index in [2.05, 4.69) is 48.0 Å². The van der Waals surface area contributed by atoms with Gasteiger partial charge >= 0.3 is 5.69 Å². The SMILES string of the molecule is N#Cc1ccccc1COc1c(C=Nn2c(-c3cc4cc(Br)ccc4o3)nc3ccccc3c2=O)cc(Br)cc1[N+](=O)[O-]. The first kappa shape index (κ1) is 28.0. The quantitative estimate of drug-likeness (QED) is 0.0952. The van der Waals surface area contributed by atoms with Crippen molar-refractivity contribution in [3.8, 4) is 23.4 Å². The molecule has 0 radical (unpaired) electrons. The topological polar surface area (TPSA) is 137 Å². The van der Waals surface area contributed by atoms with Gasteiger partial charge in [0.1, 0.15) is 12.2 Å². The number of nitro groups is 1. The van der Waals surface area contributed by atoms with E-state index >= 15 is 0 Å². The molecule has 2 heterocycles. The van der Waals surface area contributed by atoms with E-state index in [1.54, 1.807) is 66.7 Å². The van der Waals surface area contributed by atoms with E-state index in [1.165, 1.54) is 12.3 Å². The number of furan rings is 1. The molecule has 0 saturated heterocycles. The minimum absolute atomic E-state index is 0.0818. The van der Waals surface area contributed by atoms with E-state index in [0.29, 0.717) is 37.8 Å². The average Bonchev–Trinajstić information content (AvgIpc) is 3.43. The van der Waals surface area contributed by atoms with Crippen LogP contribution in [0.2, 0.25) is 0 Å². The lowest BCUT2D eigenvalue weighted by molar-refractivity contribution is -0.386. The van der Waals surface area contributed by atoms with Crippen molar-refractivity contribution in [3.63, 3.8) is 0 Å². The molecular formula is C31H17Br2N5O5. The maximum atomic E-state index is 13.7. The Balaban J connectivity index is 1.50. The van der Waals surface area contributed by atoms with Crippen molar-refractivity contribution in [2.24, 2.45) is 5.10 Å². The third-order valence-electron chi connectivity index (χ3n) is 6.53. The zero-order valence-electron chi connectivity index (χ0n) is 21.9. The Morgan fingerprint density at radius 1 is 1.05 bits per heavy atom. The third kappa shape index (κ3) is 5.55. The predicted octanol–water partition coefficient (Wildman–Crippen LogP) is 7.58. The monoisotopic (exact) mass is 697 g/mol. The molecule has 0 aliphatic heterocycles. The summed E-state index contributed by atoms with van der Waals surface area (Å²) in [5.74, 6) is 0.363. The summed E-state index contributed by atoms with van der Waals surface area (Å²) in [6.45, 7) is -0.107. The number of nitrogens with zero attached hydrogens (tertiary/aromatic N) is 5. The Morgan fingerprint density at radius 3 is 2.65 bits per heavy atom. The van der Waals surface area contributed by atoms with Gasteiger partial charge in [-0.3, -0.25) is 14.9 Å². The standard InChI is InChI=1S/C31H17Br2N5O5/c32-22-9-10-27-20(11-22)13-28(43-27)30-36-25-8-4-3-7-24(25)31(39)37(30)35-16-21-12-23(33)14-26(38(40)41)29(21)42-17-19-6-2-1-5-18(19)15-34/h1-14,16H,17H2. The Bertz CT molecular complexity index is 2200. The highest BCUT2D eigenvalue weighted by molar-refractivity contribution is 9.10. The largest absolute Gasteiger partial charge is 0.481 e. The maximum Gasteiger partial charge on any atom is 0.312 e. The molecular weight excluding hydrogens is 682 g/mol. The predicted molar refractivity (Wildman–Crippen MR) is 168 cm³/mol. The maximum absolute atomic E-state index is 13.7. The van der Waals surface area contributed by atoms with Crippen LogP contribution >= 0.6 is 31.9 Å². The van der Waals surface area contributed by atoms with E-state index in [0.717, 1.165) is 14.5 Å². The van der Waals surface area contributed by atoms with Gasteiger partial charge in [0.15, 0.2) is 5.76 Å². The molecule has 0 aliphatic carbocycles. The molecule has 0 N–H and O–H groups in total. The smallest absolute Gasteiger partial charge is 0.312 e. The Labute approximate surface area is 259 Å². The second kappa shape index (κ2) is 11.6. The van der Waals surface area contributed by atoms with Crippen molar-refractivity contribution in [1.82, 2.24) is 9.66 Å². The molecule has 0 spiro atoms. The number of benzene rings is 4. The molecule has 2 aromatic heterocycles. The third-order valence-corrected chi connectivity index (χ3v) is 7.49. The number of ether oxygens (including phenoxy) is 1. The van der Waals surface area contributed by atoms with Crippen LogP contribution < -0.4 is 10.3 Å². The lowest BCUT2D eigenvalue weighted by atomic mass is 10.1. The van der Waals surface area contributed by atoms with Crippen LogP contribution in [0.1, 0.15) is 16.7 Å². The Morgan fingerprint density at radius 2 is 1.84 bits per heavy atom. The molecule has 43 heavy (non-hydrogen) atoms. The number of fused-ring (bicyclic) bond motifs is 2. The normalized spacial score (nSPS) is 11.3. The summed E-state index contributed by atoms with van der Waals surface area (Å²) in [4.78, 5) is 29.8. The summed E-state index contributed by atoms with van der Waals surface area (Å²) in [7, 11) is 0. The molecule has 0 aliphatic rings. The van der Waals surface area contributed by atoms with Gasteiger partial charge in [-0.25, -0.2) is 4.98 Å². The van der Waals surface area contributed by atoms with Crippen LogP contribution in [0.4, 0.5) is 5.69 Å². The zero-order chi connectivity index (χ0) is 30.1. The number of aromatic nitrogens is 2. The molecule has 0 unspecified atom stereocenters. The fourth-order valence-electron chi connectivity index (χ4n) is 4.53. The van der Waals surface area contributed by atoms with E-state index in [4.69, 9.17) is 9.15 Å². The van der Waals surface area contributed by atoms with Crippen molar-refractivity contribution in [2.45, 2.75) is 6.61 Å². The molecule has 6 aromatic rings. The highest BCUT2D eigenvalue weighted by atomic mass is 79.9. The number of nitriles is 1. The molecule has 0 bridgehead atoms. The highest BCUT2D eigenvalue weighted by Gasteiger charge is 2.22. The minimum atomic E-state index is -0.574. The van der Waals surface area contributed by atoms with Crippen molar-refractivity contribution in [1.29, 1.82) is 5.26 Å². The van der Waals surface area contributed by atoms with E-state index in [1.807, 2.05) is 12.1 Å². The first-order chi connectivity index (χ1) is 20.8. The lowest BCUT2D eigenvalue weighted by Crippen LogP contribution is -2.20. The van der Waals surface area contributed by atoms with Gasteiger partial charge in [0, 0.05) is 31.5 Å².